The Bertz CT molecular complexity index is 739. The Balaban J connectivity index is 1.70. The molecule has 0 amide bonds. The van der Waals surface area contributed by atoms with E-state index in [4.69, 9.17) is 20.8 Å². The molecule has 1 N–H and O–H groups in total. The van der Waals surface area contributed by atoms with Gasteiger partial charge in [-0.3, -0.25) is 4.79 Å². The number of ether oxygens (including phenoxy) is 1. The van der Waals surface area contributed by atoms with Gasteiger partial charge in [0.05, 0.1) is 19.3 Å². The zero-order valence-corrected chi connectivity index (χ0v) is 13.5. The van der Waals surface area contributed by atoms with E-state index in [1.807, 2.05) is 0 Å². The van der Waals surface area contributed by atoms with Crippen molar-refractivity contribution >= 4 is 34.5 Å². The number of carbonyl (C=O) groups excluding carboxylic acids is 1. The predicted molar refractivity (Wildman–Crippen MR) is 85.2 cm³/mol. The Labute approximate surface area is 138 Å². The number of methoxy groups -OCH3 is 1. The van der Waals surface area contributed by atoms with Crippen molar-refractivity contribution in [1.29, 1.82) is 0 Å². The molecular weight excluding hydrogens is 318 g/mol. The van der Waals surface area contributed by atoms with Gasteiger partial charge in [-0.05, 0) is 49.1 Å². The minimum Gasteiger partial charge on any atom is -0.469 e. The van der Waals surface area contributed by atoms with Crippen LogP contribution in [0.1, 0.15) is 25.7 Å². The summed E-state index contributed by atoms with van der Waals surface area (Å²) in [6, 6.07) is 1.74. The molecule has 0 aromatic carbocycles. The van der Waals surface area contributed by atoms with Crippen LogP contribution in [0, 0.1) is 17.8 Å². The predicted octanol–water partition coefficient (Wildman–Crippen LogP) is 3.27. The lowest BCUT2D eigenvalue weighted by molar-refractivity contribution is -0.152. The molecule has 3 aliphatic carbocycles. The van der Waals surface area contributed by atoms with Crippen molar-refractivity contribution in [3.63, 3.8) is 0 Å². The fourth-order valence-electron chi connectivity index (χ4n) is 4.22. The molecule has 23 heavy (non-hydrogen) atoms. The molecule has 2 atom stereocenters. The number of hydrogen-bond donors (Lipinski definition) is 1. The Morgan fingerprint density at radius 3 is 2.78 bits per heavy atom. The second-order valence-electron chi connectivity index (χ2n) is 6.37. The number of esters is 1. The van der Waals surface area contributed by atoms with Crippen LogP contribution in [-0.2, 0) is 9.53 Å². The lowest BCUT2D eigenvalue weighted by atomic mass is 9.61. The molecule has 2 aromatic heterocycles. The van der Waals surface area contributed by atoms with E-state index in [2.05, 4.69) is 15.3 Å². The minimum absolute atomic E-state index is 0.00535. The molecule has 0 unspecified atom stereocenters. The third kappa shape index (κ3) is 2.45. The first-order chi connectivity index (χ1) is 11.2. The molecule has 122 valence electrons. The number of anilines is 1. The third-order valence-corrected chi connectivity index (χ3v) is 5.44. The van der Waals surface area contributed by atoms with E-state index >= 15 is 0 Å². The summed E-state index contributed by atoms with van der Waals surface area (Å²) in [6.07, 6.45) is 5.98. The van der Waals surface area contributed by atoms with Crippen LogP contribution in [0.2, 0.25) is 5.28 Å². The van der Waals surface area contributed by atoms with Crippen molar-refractivity contribution < 1.29 is 13.9 Å². The molecule has 3 fully saturated rings. The summed E-state index contributed by atoms with van der Waals surface area (Å²) in [6.45, 7) is 0. The zero-order chi connectivity index (χ0) is 16.0. The number of rotatable bonds is 3. The fourth-order valence-corrected chi connectivity index (χ4v) is 4.40. The maximum atomic E-state index is 12.3. The number of furan rings is 1. The number of nitrogens with zero attached hydrogens (tertiary/aromatic N) is 2. The molecule has 0 aliphatic heterocycles. The van der Waals surface area contributed by atoms with Gasteiger partial charge in [0.25, 0.3) is 0 Å². The Morgan fingerprint density at radius 1 is 1.30 bits per heavy atom. The summed E-state index contributed by atoms with van der Waals surface area (Å²) in [5, 5.41) is 3.58. The number of hydrogen-bond acceptors (Lipinski definition) is 6. The first kappa shape index (κ1) is 14.8. The molecule has 2 heterocycles. The largest absolute Gasteiger partial charge is 0.469 e. The van der Waals surface area contributed by atoms with Crippen molar-refractivity contribution in [2.75, 3.05) is 12.4 Å². The Hall–Kier alpha value is -1.82. The summed E-state index contributed by atoms with van der Waals surface area (Å²) in [5.74, 6) is 1.06. The molecule has 2 bridgehead atoms. The summed E-state index contributed by atoms with van der Waals surface area (Å²) < 4.78 is 10.5. The first-order valence-electron chi connectivity index (χ1n) is 7.92. The standard InChI is InChI=1S/C16H18ClN3O3/c1-22-15(21)11-8-2-4-9(5-3-8)12(11)19-14-13-10(6-7-23-13)18-16(17)20-14/h6-9,11-12H,2-5H2,1H3,(H,18,19,20)/t8?,9?,11-,12-/m0/s1. The average Bonchev–Trinajstić information content (AvgIpc) is 3.03. The maximum Gasteiger partial charge on any atom is 0.311 e. The molecule has 2 aromatic rings. The summed E-state index contributed by atoms with van der Waals surface area (Å²) in [4.78, 5) is 20.7. The smallest absolute Gasteiger partial charge is 0.311 e. The van der Waals surface area contributed by atoms with E-state index in [0.29, 0.717) is 28.8 Å². The molecule has 0 saturated heterocycles. The molecule has 0 spiro atoms. The van der Waals surface area contributed by atoms with Crippen molar-refractivity contribution in [2.45, 2.75) is 31.7 Å². The number of nitrogens with one attached hydrogen (secondary N) is 1. The van der Waals surface area contributed by atoms with E-state index in [9.17, 15) is 4.79 Å². The molecule has 6 nitrogen and oxygen atoms in total. The highest BCUT2D eigenvalue weighted by atomic mass is 35.5. The van der Waals surface area contributed by atoms with E-state index < -0.39 is 0 Å². The molecule has 3 aliphatic rings. The van der Waals surface area contributed by atoms with E-state index in [1.165, 1.54) is 7.11 Å². The normalized spacial score (nSPS) is 29.7. The van der Waals surface area contributed by atoms with Gasteiger partial charge < -0.3 is 14.5 Å². The van der Waals surface area contributed by atoms with E-state index in [-0.39, 0.29) is 23.2 Å². The van der Waals surface area contributed by atoms with E-state index in [1.54, 1.807) is 12.3 Å². The number of halogens is 1. The molecule has 3 saturated carbocycles. The average molecular weight is 336 g/mol. The summed E-state index contributed by atoms with van der Waals surface area (Å²) >= 11 is 6.01. The van der Waals surface area contributed by atoms with Crippen LogP contribution in [0.5, 0.6) is 0 Å². The van der Waals surface area contributed by atoms with Gasteiger partial charge in [0.1, 0.15) is 5.52 Å². The third-order valence-electron chi connectivity index (χ3n) is 5.27. The van der Waals surface area contributed by atoms with Crippen LogP contribution in [0.15, 0.2) is 16.7 Å². The van der Waals surface area contributed by atoms with Crippen LogP contribution in [0.25, 0.3) is 11.1 Å². The van der Waals surface area contributed by atoms with E-state index in [0.717, 1.165) is 25.7 Å². The van der Waals surface area contributed by atoms with Crippen LogP contribution in [-0.4, -0.2) is 29.1 Å². The topological polar surface area (TPSA) is 77.2 Å². The second-order valence-corrected chi connectivity index (χ2v) is 6.71. The van der Waals surface area contributed by atoms with Gasteiger partial charge in [-0.25, -0.2) is 4.98 Å². The quantitative estimate of drug-likeness (QED) is 0.685. The number of fused-ring (bicyclic) bond motifs is 4. The van der Waals surface area contributed by atoms with Gasteiger partial charge in [-0.1, -0.05) is 0 Å². The maximum absolute atomic E-state index is 12.3. The zero-order valence-electron chi connectivity index (χ0n) is 12.8. The van der Waals surface area contributed by atoms with Gasteiger partial charge in [0, 0.05) is 12.1 Å². The van der Waals surface area contributed by atoms with Crippen molar-refractivity contribution in [3.05, 3.63) is 17.6 Å². The highest BCUT2D eigenvalue weighted by Gasteiger charge is 2.48. The van der Waals surface area contributed by atoms with Gasteiger partial charge in [-0.2, -0.15) is 4.98 Å². The van der Waals surface area contributed by atoms with Gasteiger partial charge in [0.15, 0.2) is 11.4 Å². The van der Waals surface area contributed by atoms with Gasteiger partial charge in [-0.15, -0.1) is 0 Å². The Kier molecular flexibility index (Phi) is 3.64. The Morgan fingerprint density at radius 2 is 2.04 bits per heavy atom. The van der Waals surface area contributed by atoms with Crippen molar-refractivity contribution in [1.82, 2.24) is 9.97 Å². The minimum atomic E-state index is -0.147. The second kappa shape index (κ2) is 5.67. The number of carbonyl (C=O) groups is 1. The molecule has 5 rings (SSSR count). The van der Waals surface area contributed by atoms with Gasteiger partial charge in [0.2, 0.25) is 5.28 Å². The highest BCUT2D eigenvalue weighted by Crippen LogP contribution is 2.47. The lowest BCUT2D eigenvalue weighted by Crippen LogP contribution is -2.51. The molecule has 0 radical (unpaired) electrons. The molecular formula is C16H18ClN3O3. The van der Waals surface area contributed by atoms with Crippen LogP contribution < -0.4 is 5.32 Å². The van der Waals surface area contributed by atoms with Crippen LogP contribution in [0.3, 0.4) is 0 Å². The van der Waals surface area contributed by atoms with Crippen LogP contribution >= 0.6 is 11.6 Å². The van der Waals surface area contributed by atoms with Crippen molar-refractivity contribution in [3.8, 4) is 0 Å². The van der Waals surface area contributed by atoms with Gasteiger partial charge >= 0.3 is 5.97 Å². The van der Waals surface area contributed by atoms with Crippen LogP contribution in [0.4, 0.5) is 5.82 Å². The molecule has 7 heteroatoms. The summed E-state index contributed by atoms with van der Waals surface area (Å²) in [5.41, 5.74) is 1.22. The fraction of sp³-hybridized carbons (Fsp3) is 0.562. The lowest BCUT2D eigenvalue weighted by Gasteiger charge is -2.47. The highest BCUT2D eigenvalue weighted by molar-refractivity contribution is 6.28. The SMILES string of the molecule is COC(=O)[C@H]1C2CCC(CC2)[C@@H]1Nc1nc(Cl)nc2ccoc12. The van der Waals surface area contributed by atoms with Crippen molar-refractivity contribution in [2.24, 2.45) is 17.8 Å². The summed E-state index contributed by atoms with van der Waals surface area (Å²) in [7, 11) is 1.45. The first-order valence-corrected chi connectivity index (χ1v) is 8.30. The monoisotopic (exact) mass is 335 g/mol. The number of aromatic nitrogens is 2.